The van der Waals surface area contributed by atoms with Crippen LogP contribution in [0.5, 0.6) is 5.75 Å². The average molecular weight is 359 g/mol. The molecule has 136 valence electrons. The largest absolute Gasteiger partial charge is 0.465 e. The lowest BCUT2D eigenvalue weighted by atomic mass is 10.1. The molecule has 0 atom stereocenters. The number of carbonyl (C=O) groups excluding carboxylic acids is 1. The van der Waals surface area contributed by atoms with Crippen LogP contribution in [0, 0.1) is 13.8 Å². The van der Waals surface area contributed by atoms with E-state index < -0.39 is 5.97 Å². The maximum Gasteiger partial charge on any atom is 0.341 e. The standard InChI is InChI=1S/C23H21NO3/c1-16-10-7-8-15-20(16)24-22(18-12-5-4-6-13-18)27-21-17(2)11-9-14-19(21)23(25)26-3/h4-15H,1-3H3. The zero-order chi connectivity index (χ0) is 19.2. The van der Waals surface area contributed by atoms with Crippen molar-refractivity contribution in [2.24, 2.45) is 4.99 Å². The van der Waals surface area contributed by atoms with Crippen molar-refractivity contribution in [1.29, 1.82) is 0 Å². The highest BCUT2D eigenvalue weighted by Gasteiger charge is 2.18. The average Bonchev–Trinajstić information content (AvgIpc) is 2.70. The summed E-state index contributed by atoms with van der Waals surface area (Å²) in [5.41, 5.74) is 3.86. The Hall–Kier alpha value is -3.40. The first kappa shape index (κ1) is 18.4. The van der Waals surface area contributed by atoms with Crippen molar-refractivity contribution >= 4 is 17.6 Å². The molecule has 0 bridgehead atoms. The van der Waals surface area contributed by atoms with Gasteiger partial charge in [-0.2, -0.15) is 0 Å². The van der Waals surface area contributed by atoms with Crippen LogP contribution >= 0.6 is 0 Å². The maximum atomic E-state index is 12.2. The second-order valence-electron chi connectivity index (χ2n) is 6.11. The topological polar surface area (TPSA) is 47.9 Å². The van der Waals surface area contributed by atoms with Gasteiger partial charge in [0.15, 0.2) is 0 Å². The third-order valence-corrected chi connectivity index (χ3v) is 4.17. The number of hydrogen-bond acceptors (Lipinski definition) is 4. The Morgan fingerprint density at radius 2 is 1.48 bits per heavy atom. The third-order valence-electron chi connectivity index (χ3n) is 4.17. The Bertz CT molecular complexity index is 978. The van der Waals surface area contributed by atoms with Crippen LogP contribution in [0.15, 0.2) is 77.8 Å². The van der Waals surface area contributed by atoms with E-state index in [0.29, 0.717) is 17.2 Å². The summed E-state index contributed by atoms with van der Waals surface area (Å²) in [4.78, 5) is 16.9. The number of aryl methyl sites for hydroxylation is 2. The summed E-state index contributed by atoms with van der Waals surface area (Å²) in [6.45, 7) is 3.88. The number of para-hydroxylation sites is 2. The predicted molar refractivity (Wildman–Crippen MR) is 107 cm³/mol. The molecule has 0 spiro atoms. The monoisotopic (exact) mass is 359 g/mol. The van der Waals surface area contributed by atoms with Gasteiger partial charge in [0.25, 0.3) is 0 Å². The summed E-state index contributed by atoms with van der Waals surface area (Å²) in [5.74, 6) is 0.418. The van der Waals surface area contributed by atoms with Crippen LogP contribution in [-0.2, 0) is 4.74 Å². The van der Waals surface area contributed by atoms with E-state index in [0.717, 1.165) is 22.4 Å². The highest BCUT2D eigenvalue weighted by Crippen LogP contribution is 2.27. The van der Waals surface area contributed by atoms with E-state index in [2.05, 4.69) is 0 Å². The van der Waals surface area contributed by atoms with Crippen molar-refractivity contribution in [2.75, 3.05) is 7.11 Å². The number of esters is 1. The van der Waals surface area contributed by atoms with Gasteiger partial charge in [0.05, 0.1) is 12.8 Å². The smallest absolute Gasteiger partial charge is 0.341 e. The minimum atomic E-state index is -0.447. The summed E-state index contributed by atoms with van der Waals surface area (Å²) >= 11 is 0. The number of carbonyl (C=O) groups is 1. The van der Waals surface area contributed by atoms with Crippen molar-refractivity contribution in [3.05, 3.63) is 95.1 Å². The van der Waals surface area contributed by atoms with Crippen molar-refractivity contribution in [1.82, 2.24) is 0 Å². The van der Waals surface area contributed by atoms with E-state index in [1.165, 1.54) is 7.11 Å². The number of aliphatic imine (C=N–C) groups is 1. The first-order valence-corrected chi connectivity index (χ1v) is 8.65. The minimum Gasteiger partial charge on any atom is -0.465 e. The lowest BCUT2D eigenvalue weighted by Gasteiger charge is -2.15. The lowest BCUT2D eigenvalue weighted by molar-refractivity contribution is 0.0598. The zero-order valence-electron chi connectivity index (χ0n) is 15.6. The molecular weight excluding hydrogens is 338 g/mol. The summed E-state index contributed by atoms with van der Waals surface area (Å²) in [6.07, 6.45) is 0. The molecule has 0 aromatic heterocycles. The molecule has 4 heteroatoms. The van der Waals surface area contributed by atoms with E-state index >= 15 is 0 Å². The van der Waals surface area contributed by atoms with E-state index in [-0.39, 0.29) is 0 Å². The number of nitrogens with zero attached hydrogens (tertiary/aromatic N) is 1. The summed E-state index contributed by atoms with van der Waals surface area (Å²) in [5, 5.41) is 0. The molecule has 0 saturated carbocycles. The molecule has 27 heavy (non-hydrogen) atoms. The van der Waals surface area contributed by atoms with Gasteiger partial charge in [-0.05, 0) is 49.2 Å². The quantitative estimate of drug-likeness (QED) is 0.363. The second kappa shape index (κ2) is 8.32. The number of rotatable bonds is 4. The maximum absolute atomic E-state index is 12.2. The highest BCUT2D eigenvalue weighted by molar-refractivity contribution is 6.00. The van der Waals surface area contributed by atoms with E-state index in [4.69, 9.17) is 14.5 Å². The number of hydrogen-bond donors (Lipinski definition) is 0. The Morgan fingerprint density at radius 1 is 0.815 bits per heavy atom. The molecule has 0 fully saturated rings. The van der Waals surface area contributed by atoms with Gasteiger partial charge in [0, 0.05) is 5.56 Å². The molecule has 3 aromatic carbocycles. The fourth-order valence-corrected chi connectivity index (χ4v) is 2.68. The van der Waals surface area contributed by atoms with Crippen LogP contribution in [0.3, 0.4) is 0 Å². The minimum absolute atomic E-state index is 0.367. The fraction of sp³-hybridized carbons (Fsp3) is 0.130. The van der Waals surface area contributed by atoms with Crippen molar-refractivity contribution < 1.29 is 14.3 Å². The number of methoxy groups -OCH3 is 1. The molecule has 3 aromatic rings. The lowest BCUT2D eigenvalue weighted by Crippen LogP contribution is -2.14. The molecule has 4 nitrogen and oxygen atoms in total. The van der Waals surface area contributed by atoms with Gasteiger partial charge in [0.1, 0.15) is 11.3 Å². The zero-order valence-corrected chi connectivity index (χ0v) is 15.6. The van der Waals surface area contributed by atoms with Crippen LogP contribution in [0.25, 0.3) is 0 Å². The predicted octanol–water partition coefficient (Wildman–Crippen LogP) is 5.25. The first-order chi connectivity index (χ1) is 13.1. The summed E-state index contributed by atoms with van der Waals surface area (Å²) < 4.78 is 11.1. The highest BCUT2D eigenvalue weighted by atomic mass is 16.5. The number of benzene rings is 3. The molecule has 0 saturated heterocycles. The van der Waals surface area contributed by atoms with E-state index in [1.54, 1.807) is 12.1 Å². The second-order valence-corrected chi connectivity index (χ2v) is 6.11. The first-order valence-electron chi connectivity index (χ1n) is 8.65. The summed E-state index contributed by atoms with van der Waals surface area (Å²) in [7, 11) is 1.36. The van der Waals surface area contributed by atoms with Crippen LogP contribution < -0.4 is 4.74 Å². The Balaban J connectivity index is 2.12. The number of ether oxygens (including phenoxy) is 2. The Labute approximate surface area is 159 Å². The molecule has 0 radical (unpaired) electrons. The van der Waals surface area contributed by atoms with E-state index in [1.807, 2.05) is 74.5 Å². The summed E-state index contributed by atoms with van der Waals surface area (Å²) in [6, 6.07) is 22.8. The van der Waals surface area contributed by atoms with Crippen LogP contribution in [0.1, 0.15) is 27.0 Å². The van der Waals surface area contributed by atoms with Gasteiger partial charge in [-0.25, -0.2) is 9.79 Å². The molecule has 0 heterocycles. The normalized spacial score (nSPS) is 11.1. The van der Waals surface area contributed by atoms with Gasteiger partial charge in [-0.1, -0.05) is 48.5 Å². The van der Waals surface area contributed by atoms with Gasteiger partial charge >= 0.3 is 5.97 Å². The SMILES string of the molecule is COC(=O)c1cccc(C)c1OC(=Nc1ccccc1C)c1ccccc1. The van der Waals surface area contributed by atoms with Gasteiger partial charge in [-0.3, -0.25) is 0 Å². The molecule has 0 N–H and O–H groups in total. The molecule has 0 unspecified atom stereocenters. The Kier molecular flexibility index (Phi) is 5.67. The Morgan fingerprint density at radius 3 is 2.19 bits per heavy atom. The third kappa shape index (κ3) is 4.23. The van der Waals surface area contributed by atoms with Crippen LogP contribution in [0.4, 0.5) is 5.69 Å². The van der Waals surface area contributed by atoms with Crippen molar-refractivity contribution in [3.8, 4) is 5.75 Å². The molecule has 0 amide bonds. The van der Waals surface area contributed by atoms with Crippen LogP contribution in [-0.4, -0.2) is 19.0 Å². The molecule has 3 rings (SSSR count). The molecular formula is C23H21NO3. The van der Waals surface area contributed by atoms with Crippen LogP contribution in [0.2, 0.25) is 0 Å². The fourth-order valence-electron chi connectivity index (χ4n) is 2.68. The molecule has 0 aliphatic rings. The molecule has 0 aliphatic heterocycles. The van der Waals surface area contributed by atoms with E-state index in [9.17, 15) is 4.79 Å². The van der Waals surface area contributed by atoms with Crippen molar-refractivity contribution in [2.45, 2.75) is 13.8 Å². The van der Waals surface area contributed by atoms with Crippen molar-refractivity contribution in [3.63, 3.8) is 0 Å². The van der Waals surface area contributed by atoms with Gasteiger partial charge in [0.2, 0.25) is 5.90 Å². The van der Waals surface area contributed by atoms with Gasteiger partial charge in [-0.15, -0.1) is 0 Å². The van der Waals surface area contributed by atoms with Gasteiger partial charge < -0.3 is 9.47 Å². The molecule has 0 aliphatic carbocycles.